The first kappa shape index (κ1) is 15.5. The van der Waals surface area contributed by atoms with Crippen LogP contribution in [0, 0.1) is 0 Å². The molecule has 6 nitrogen and oxygen atoms in total. The number of benzene rings is 1. The first-order chi connectivity index (χ1) is 12.3. The van der Waals surface area contributed by atoms with Gasteiger partial charge in [0.2, 0.25) is 11.8 Å². The predicted octanol–water partition coefficient (Wildman–Crippen LogP) is 2.69. The van der Waals surface area contributed by atoms with E-state index in [1.54, 1.807) is 24.5 Å². The molecule has 0 radical (unpaired) electrons. The fourth-order valence-electron chi connectivity index (χ4n) is 3.09. The molecule has 3 aromatic rings. The maximum atomic E-state index is 12.5. The van der Waals surface area contributed by atoms with Crippen LogP contribution in [0.3, 0.4) is 0 Å². The molecule has 0 bridgehead atoms. The van der Waals surface area contributed by atoms with Gasteiger partial charge in [0, 0.05) is 25.5 Å². The Morgan fingerprint density at radius 2 is 2.04 bits per heavy atom. The summed E-state index contributed by atoms with van der Waals surface area (Å²) >= 11 is 0. The second-order valence-corrected chi connectivity index (χ2v) is 6.17. The maximum absolute atomic E-state index is 12.5. The molecule has 25 heavy (non-hydrogen) atoms. The van der Waals surface area contributed by atoms with Crippen LogP contribution < -0.4 is 0 Å². The first-order valence-electron chi connectivity index (χ1n) is 8.35. The highest BCUT2D eigenvalue weighted by Crippen LogP contribution is 2.27. The molecule has 1 amide bonds. The van der Waals surface area contributed by atoms with E-state index in [-0.39, 0.29) is 11.8 Å². The summed E-state index contributed by atoms with van der Waals surface area (Å²) in [5.74, 6) is 1.32. The van der Waals surface area contributed by atoms with E-state index < -0.39 is 0 Å². The lowest BCUT2D eigenvalue weighted by molar-refractivity contribution is 0.0789. The minimum absolute atomic E-state index is 0.000348. The number of amides is 1. The molecule has 0 spiro atoms. The zero-order chi connectivity index (χ0) is 17.1. The lowest BCUT2D eigenvalue weighted by Gasteiger charge is -2.15. The van der Waals surface area contributed by atoms with Gasteiger partial charge in [0.05, 0.1) is 17.9 Å². The largest absolute Gasteiger partial charge is 0.425 e. The molecule has 2 aromatic heterocycles. The number of hydrogen-bond acceptors (Lipinski definition) is 5. The van der Waals surface area contributed by atoms with Crippen LogP contribution in [0.4, 0.5) is 0 Å². The molecule has 1 aliphatic rings. The molecular formula is C19H18N4O2. The Morgan fingerprint density at radius 3 is 2.84 bits per heavy atom. The fourth-order valence-corrected chi connectivity index (χ4v) is 3.09. The highest BCUT2D eigenvalue weighted by Gasteiger charge is 2.31. The Hall–Kier alpha value is -3.02. The lowest BCUT2D eigenvalue weighted by atomic mass is 10.1. The number of pyridine rings is 1. The molecule has 3 heterocycles. The molecule has 0 saturated carbocycles. The lowest BCUT2D eigenvalue weighted by Crippen LogP contribution is -2.28. The fraction of sp³-hybridized carbons (Fsp3) is 0.263. The summed E-state index contributed by atoms with van der Waals surface area (Å²) < 4.78 is 5.83. The highest BCUT2D eigenvalue weighted by molar-refractivity contribution is 5.94. The van der Waals surface area contributed by atoms with Crippen molar-refractivity contribution in [1.29, 1.82) is 0 Å². The molecule has 1 fully saturated rings. The summed E-state index contributed by atoms with van der Waals surface area (Å²) in [6, 6.07) is 13.6. The van der Waals surface area contributed by atoms with Crippen LogP contribution in [0.15, 0.2) is 59.3 Å². The van der Waals surface area contributed by atoms with Gasteiger partial charge < -0.3 is 9.32 Å². The average Bonchev–Trinajstić information content (AvgIpc) is 3.32. The zero-order valence-electron chi connectivity index (χ0n) is 13.7. The Kier molecular flexibility index (Phi) is 4.24. The summed E-state index contributed by atoms with van der Waals surface area (Å²) in [4.78, 5) is 18.3. The van der Waals surface area contributed by atoms with Gasteiger partial charge in [0.15, 0.2) is 0 Å². The number of hydrogen-bond donors (Lipinski definition) is 0. The van der Waals surface area contributed by atoms with Gasteiger partial charge in [0.1, 0.15) is 0 Å². The van der Waals surface area contributed by atoms with E-state index in [1.165, 1.54) is 0 Å². The number of aromatic nitrogens is 3. The Balaban J connectivity index is 1.41. The summed E-state index contributed by atoms with van der Waals surface area (Å²) in [6.07, 6.45) is 4.72. The van der Waals surface area contributed by atoms with Crippen molar-refractivity contribution in [2.75, 3.05) is 13.1 Å². The van der Waals surface area contributed by atoms with Crippen molar-refractivity contribution in [2.45, 2.75) is 18.8 Å². The van der Waals surface area contributed by atoms with E-state index in [0.29, 0.717) is 36.9 Å². The van der Waals surface area contributed by atoms with E-state index in [9.17, 15) is 4.79 Å². The molecule has 6 heteroatoms. The van der Waals surface area contributed by atoms with Crippen molar-refractivity contribution < 1.29 is 9.21 Å². The van der Waals surface area contributed by atoms with Crippen LogP contribution in [0.25, 0.3) is 0 Å². The van der Waals surface area contributed by atoms with Crippen molar-refractivity contribution in [3.05, 3.63) is 77.8 Å². The third-order valence-corrected chi connectivity index (χ3v) is 4.41. The monoisotopic (exact) mass is 334 g/mol. The summed E-state index contributed by atoms with van der Waals surface area (Å²) in [6.45, 7) is 1.29. The predicted molar refractivity (Wildman–Crippen MR) is 91.0 cm³/mol. The molecular weight excluding hydrogens is 316 g/mol. The quantitative estimate of drug-likeness (QED) is 0.733. The van der Waals surface area contributed by atoms with E-state index in [2.05, 4.69) is 15.2 Å². The van der Waals surface area contributed by atoms with Gasteiger partial charge in [-0.1, -0.05) is 30.3 Å². The van der Waals surface area contributed by atoms with E-state index >= 15 is 0 Å². The van der Waals surface area contributed by atoms with Crippen LogP contribution in [0.5, 0.6) is 0 Å². The van der Waals surface area contributed by atoms with Crippen LogP contribution in [0.1, 0.15) is 40.0 Å². The van der Waals surface area contributed by atoms with Gasteiger partial charge in [-0.2, -0.15) is 0 Å². The third kappa shape index (κ3) is 3.42. The normalized spacial score (nSPS) is 17.0. The molecule has 1 unspecified atom stereocenters. The number of likely N-dealkylation sites (tertiary alicyclic amines) is 1. The number of rotatable bonds is 4. The van der Waals surface area contributed by atoms with Gasteiger partial charge in [-0.25, -0.2) is 0 Å². The molecule has 4 rings (SSSR count). The van der Waals surface area contributed by atoms with Crippen LogP contribution in [-0.2, 0) is 6.42 Å². The molecule has 126 valence electrons. The number of carbonyl (C=O) groups excluding carboxylic acids is 1. The second-order valence-electron chi connectivity index (χ2n) is 6.17. The highest BCUT2D eigenvalue weighted by atomic mass is 16.4. The second kappa shape index (κ2) is 6.84. The van der Waals surface area contributed by atoms with E-state index in [1.807, 2.05) is 35.2 Å². The maximum Gasteiger partial charge on any atom is 0.255 e. The smallest absolute Gasteiger partial charge is 0.255 e. The molecule has 1 aliphatic heterocycles. The molecule has 1 atom stereocenters. The molecule has 0 N–H and O–H groups in total. The Morgan fingerprint density at radius 1 is 1.16 bits per heavy atom. The topological polar surface area (TPSA) is 72.1 Å². The summed E-state index contributed by atoms with van der Waals surface area (Å²) in [7, 11) is 0. The van der Waals surface area contributed by atoms with Gasteiger partial charge in [-0.15, -0.1) is 10.2 Å². The standard InChI is InChI=1S/C19H18N4O2/c24-19(15-7-4-9-20-12-15)23-10-8-16(13-23)18-22-21-17(25-18)11-14-5-2-1-3-6-14/h1-7,9,12,16H,8,10-11,13H2. The molecule has 1 saturated heterocycles. The van der Waals surface area contributed by atoms with Gasteiger partial charge >= 0.3 is 0 Å². The number of carbonyl (C=O) groups is 1. The third-order valence-electron chi connectivity index (χ3n) is 4.41. The van der Waals surface area contributed by atoms with Gasteiger partial charge in [-0.3, -0.25) is 9.78 Å². The van der Waals surface area contributed by atoms with Gasteiger partial charge in [-0.05, 0) is 24.1 Å². The van der Waals surface area contributed by atoms with Crippen LogP contribution in [-0.4, -0.2) is 39.1 Å². The van der Waals surface area contributed by atoms with Crippen LogP contribution >= 0.6 is 0 Å². The van der Waals surface area contributed by atoms with Crippen molar-refractivity contribution in [3.63, 3.8) is 0 Å². The molecule has 1 aromatic carbocycles. The first-order valence-corrected chi connectivity index (χ1v) is 8.35. The van der Waals surface area contributed by atoms with Crippen molar-refractivity contribution in [2.24, 2.45) is 0 Å². The summed E-state index contributed by atoms with van der Waals surface area (Å²) in [5.41, 5.74) is 1.75. The SMILES string of the molecule is O=C(c1cccnc1)N1CCC(c2nnc(Cc3ccccc3)o2)C1. The van der Waals surface area contributed by atoms with Crippen molar-refractivity contribution >= 4 is 5.91 Å². The van der Waals surface area contributed by atoms with E-state index in [4.69, 9.17) is 4.42 Å². The Labute approximate surface area is 145 Å². The minimum Gasteiger partial charge on any atom is -0.425 e. The Bertz CT molecular complexity index is 848. The minimum atomic E-state index is -0.000348. The molecule has 0 aliphatic carbocycles. The number of nitrogens with zero attached hydrogens (tertiary/aromatic N) is 4. The average molecular weight is 334 g/mol. The van der Waals surface area contributed by atoms with Crippen molar-refractivity contribution in [3.8, 4) is 0 Å². The zero-order valence-corrected chi connectivity index (χ0v) is 13.7. The van der Waals surface area contributed by atoms with Crippen LogP contribution in [0.2, 0.25) is 0 Å². The van der Waals surface area contributed by atoms with Crippen molar-refractivity contribution in [1.82, 2.24) is 20.1 Å². The van der Waals surface area contributed by atoms with Gasteiger partial charge in [0.25, 0.3) is 5.91 Å². The van der Waals surface area contributed by atoms with E-state index in [0.717, 1.165) is 12.0 Å². The summed E-state index contributed by atoms with van der Waals surface area (Å²) in [5, 5.41) is 8.35.